The predicted octanol–water partition coefficient (Wildman–Crippen LogP) is 3.06. The molecule has 134 valence electrons. The van der Waals surface area contributed by atoms with Gasteiger partial charge in [0.1, 0.15) is 0 Å². The minimum Gasteiger partial charge on any atom is -0.385 e. The van der Waals surface area contributed by atoms with E-state index in [1.54, 1.807) is 12.4 Å². The summed E-state index contributed by atoms with van der Waals surface area (Å²) >= 11 is 0. The Kier molecular flexibility index (Phi) is 4.57. The van der Waals surface area contributed by atoms with Crippen LogP contribution in [0.5, 0.6) is 0 Å². The zero-order valence-corrected chi connectivity index (χ0v) is 15.0. The van der Waals surface area contributed by atoms with Crippen molar-refractivity contribution in [2.45, 2.75) is 31.9 Å². The number of aryl methyl sites for hydroxylation is 1. The van der Waals surface area contributed by atoms with Crippen LogP contribution in [0, 0.1) is 6.92 Å². The lowest BCUT2D eigenvalue weighted by Gasteiger charge is -2.38. The van der Waals surface area contributed by atoms with Gasteiger partial charge < -0.3 is 5.11 Å². The van der Waals surface area contributed by atoms with Crippen molar-refractivity contribution in [3.8, 4) is 5.69 Å². The third kappa shape index (κ3) is 3.54. The van der Waals surface area contributed by atoms with Crippen molar-refractivity contribution < 1.29 is 5.11 Å². The van der Waals surface area contributed by atoms with Gasteiger partial charge in [0.2, 0.25) is 0 Å². The average molecular weight is 348 g/mol. The molecule has 0 radical (unpaired) electrons. The largest absolute Gasteiger partial charge is 0.385 e. The lowest BCUT2D eigenvalue weighted by molar-refractivity contribution is -0.0279. The Balaban J connectivity index is 1.39. The van der Waals surface area contributed by atoms with Crippen LogP contribution in [0.3, 0.4) is 0 Å². The van der Waals surface area contributed by atoms with Gasteiger partial charge in [-0.2, -0.15) is 5.10 Å². The highest BCUT2D eigenvalue weighted by Gasteiger charge is 2.34. The smallest absolute Gasteiger partial charge is 0.0935 e. The molecule has 2 aromatic heterocycles. The molecule has 0 spiro atoms. The van der Waals surface area contributed by atoms with Crippen LogP contribution in [-0.4, -0.2) is 37.9 Å². The van der Waals surface area contributed by atoms with E-state index in [1.807, 2.05) is 23.0 Å². The van der Waals surface area contributed by atoms with Gasteiger partial charge in [-0.15, -0.1) is 0 Å². The van der Waals surface area contributed by atoms with Crippen molar-refractivity contribution >= 4 is 0 Å². The van der Waals surface area contributed by atoms with Gasteiger partial charge in [0.25, 0.3) is 0 Å². The van der Waals surface area contributed by atoms with Gasteiger partial charge >= 0.3 is 0 Å². The molecule has 1 aliphatic rings. The fraction of sp³-hybridized carbons (Fsp3) is 0.333. The van der Waals surface area contributed by atoms with Crippen molar-refractivity contribution in [3.63, 3.8) is 0 Å². The van der Waals surface area contributed by atoms with E-state index >= 15 is 0 Å². The van der Waals surface area contributed by atoms with Gasteiger partial charge in [0, 0.05) is 49.4 Å². The normalized spacial score (nSPS) is 17.3. The summed E-state index contributed by atoms with van der Waals surface area (Å²) in [7, 11) is 0. The SMILES string of the molecule is Cc1cccc(-n2cc(CN3CCC(O)(c4cccnc4)CC3)cn2)c1. The Morgan fingerprint density at radius 3 is 2.69 bits per heavy atom. The molecule has 0 aliphatic carbocycles. The van der Waals surface area contributed by atoms with Crippen molar-refractivity contribution in [2.75, 3.05) is 13.1 Å². The molecule has 1 aliphatic heterocycles. The maximum atomic E-state index is 10.9. The van der Waals surface area contributed by atoms with Crippen LogP contribution in [-0.2, 0) is 12.1 Å². The van der Waals surface area contributed by atoms with E-state index in [9.17, 15) is 5.11 Å². The number of rotatable bonds is 4. The fourth-order valence-corrected chi connectivity index (χ4v) is 3.62. The summed E-state index contributed by atoms with van der Waals surface area (Å²) in [6.45, 7) is 4.67. The van der Waals surface area contributed by atoms with E-state index in [-0.39, 0.29) is 0 Å². The third-order valence-electron chi connectivity index (χ3n) is 5.19. The van der Waals surface area contributed by atoms with Crippen LogP contribution in [0.1, 0.15) is 29.5 Å². The Hall–Kier alpha value is -2.50. The summed E-state index contributed by atoms with van der Waals surface area (Å²) in [6, 6.07) is 12.2. The van der Waals surface area contributed by atoms with E-state index in [0.717, 1.165) is 43.7 Å². The Morgan fingerprint density at radius 2 is 1.96 bits per heavy atom. The maximum Gasteiger partial charge on any atom is 0.0935 e. The first-order valence-corrected chi connectivity index (χ1v) is 9.08. The molecule has 3 heterocycles. The van der Waals surface area contributed by atoms with Crippen LogP contribution >= 0.6 is 0 Å². The molecule has 0 saturated carbocycles. The lowest BCUT2D eigenvalue weighted by atomic mass is 9.85. The van der Waals surface area contributed by atoms with Crippen molar-refractivity contribution in [3.05, 3.63) is 77.9 Å². The predicted molar refractivity (Wildman–Crippen MR) is 101 cm³/mol. The highest BCUT2D eigenvalue weighted by atomic mass is 16.3. The molecule has 1 fully saturated rings. The maximum absolute atomic E-state index is 10.9. The lowest BCUT2D eigenvalue weighted by Crippen LogP contribution is -2.42. The second-order valence-corrected chi connectivity index (χ2v) is 7.18. The topological polar surface area (TPSA) is 54.2 Å². The van der Waals surface area contributed by atoms with Crippen LogP contribution in [0.2, 0.25) is 0 Å². The van der Waals surface area contributed by atoms with Gasteiger partial charge in [0.15, 0.2) is 0 Å². The van der Waals surface area contributed by atoms with E-state index in [1.165, 1.54) is 11.1 Å². The highest BCUT2D eigenvalue weighted by Crippen LogP contribution is 2.32. The first kappa shape index (κ1) is 16.9. The van der Waals surface area contributed by atoms with Gasteiger partial charge in [-0.3, -0.25) is 9.88 Å². The number of hydrogen-bond donors (Lipinski definition) is 1. The summed E-state index contributed by atoms with van der Waals surface area (Å²) in [5.41, 5.74) is 3.67. The summed E-state index contributed by atoms with van der Waals surface area (Å²) < 4.78 is 1.93. The van der Waals surface area contributed by atoms with E-state index in [4.69, 9.17) is 0 Å². The number of piperidine rings is 1. The van der Waals surface area contributed by atoms with E-state index in [0.29, 0.717) is 0 Å². The standard InChI is InChI=1S/C21H24N4O/c1-17-4-2-6-20(12-17)25-16-18(13-23-25)15-24-10-7-21(26,8-11-24)19-5-3-9-22-14-19/h2-6,9,12-14,16,26H,7-8,10-11,15H2,1H3. The number of hydrogen-bond acceptors (Lipinski definition) is 4. The minimum atomic E-state index is -0.753. The summed E-state index contributed by atoms with van der Waals surface area (Å²) in [5, 5.41) is 15.4. The Bertz CT molecular complexity index is 866. The number of benzene rings is 1. The molecule has 3 aromatic rings. The minimum absolute atomic E-state index is 0.727. The second-order valence-electron chi connectivity index (χ2n) is 7.18. The van der Waals surface area contributed by atoms with Crippen molar-refractivity contribution in [1.82, 2.24) is 19.7 Å². The number of nitrogens with zero attached hydrogens (tertiary/aromatic N) is 4. The molecule has 1 N–H and O–H groups in total. The van der Waals surface area contributed by atoms with Gasteiger partial charge in [-0.25, -0.2) is 4.68 Å². The van der Waals surface area contributed by atoms with Crippen LogP contribution in [0.15, 0.2) is 61.2 Å². The molecule has 0 unspecified atom stereocenters. The molecule has 0 amide bonds. The zero-order valence-electron chi connectivity index (χ0n) is 15.0. The molecule has 1 saturated heterocycles. The van der Waals surface area contributed by atoms with E-state index in [2.05, 4.69) is 52.4 Å². The average Bonchev–Trinajstić information content (AvgIpc) is 3.13. The number of aromatic nitrogens is 3. The zero-order chi connectivity index (χ0) is 18.0. The molecule has 5 heteroatoms. The fourth-order valence-electron chi connectivity index (χ4n) is 3.62. The van der Waals surface area contributed by atoms with Gasteiger partial charge in [0.05, 0.1) is 17.5 Å². The summed E-state index contributed by atoms with van der Waals surface area (Å²) in [5.74, 6) is 0. The molecule has 0 atom stereocenters. The van der Waals surface area contributed by atoms with Crippen LogP contribution < -0.4 is 0 Å². The summed E-state index contributed by atoms with van der Waals surface area (Å²) in [6.07, 6.45) is 9.01. The Labute approximate surface area is 153 Å². The molecule has 0 bridgehead atoms. The third-order valence-corrected chi connectivity index (χ3v) is 5.19. The van der Waals surface area contributed by atoms with Gasteiger partial charge in [-0.1, -0.05) is 18.2 Å². The van der Waals surface area contributed by atoms with Crippen molar-refractivity contribution in [1.29, 1.82) is 0 Å². The molecule has 4 rings (SSSR count). The molecule has 26 heavy (non-hydrogen) atoms. The van der Waals surface area contributed by atoms with Crippen molar-refractivity contribution in [2.24, 2.45) is 0 Å². The monoisotopic (exact) mass is 348 g/mol. The molecule has 1 aromatic carbocycles. The first-order valence-electron chi connectivity index (χ1n) is 9.08. The molecular weight excluding hydrogens is 324 g/mol. The number of likely N-dealkylation sites (tertiary alicyclic amines) is 1. The quantitative estimate of drug-likeness (QED) is 0.787. The molecular formula is C21H24N4O. The van der Waals surface area contributed by atoms with Crippen LogP contribution in [0.25, 0.3) is 5.69 Å². The Morgan fingerprint density at radius 1 is 1.12 bits per heavy atom. The summed E-state index contributed by atoms with van der Waals surface area (Å²) in [4.78, 5) is 6.52. The van der Waals surface area contributed by atoms with Crippen LogP contribution in [0.4, 0.5) is 0 Å². The second kappa shape index (κ2) is 7.02. The van der Waals surface area contributed by atoms with E-state index < -0.39 is 5.60 Å². The highest BCUT2D eigenvalue weighted by molar-refractivity contribution is 5.35. The number of pyridine rings is 1. The first-order chi connectivity index (χ1) is 12.6. The van der Waals surface area contributed by atoms with Gasteiger partial charge in [-0.05, 0) is 43.5 Å². The molecule has 5 nitrogen and oxygen atoms in total. The number of aliphatic hydroxyl groups is 1.